The van der Waals surface area contributed by atoms with E-state index in [0.717, 1.165) is 19.6 Å². The molecule has 0 aliphatic heterocycles. The first-order valence-electron chi connectivity index (χ1n) is 9.15. The molecule has 0 bridgehead atoms. The van der Waals surface area contributed by atoms with Crippen molar-refractivity contribution in [1.29, 1.82) is 0 Å². The molecule has 0 saturated heterocycles. The maximum atomic E-state index is 12.9. The van der Waals surface area contributed by atoms with Crippen LogP contribution < -0.4 is 0 Å². The van der Waals surface area contributed by atoms with E-state index in [0.29, 0.717) is 24.7 Å². The van der Waals surface area contributed by atoms with E-state index in [1.165, 1.54) is 11.1 Å². The van der Waals surface area contributed by atoms with Crippen LogP contribution in [-0.4, -0.2) is 52.1 Å². The fourth-order valence-electron chi connectivity index (χ4n) is 3.05. The third kappa shape index (κ3) is 5.16. The minimum absolute atomic E-state index is 0.00298. The van der Waals surface area contributed by atoms with Crippen molar-refractivity contribution in [3.63, 3.8) is 0 Å². The van der Waals surface area contributed by atoms with E-state index in [2.05, 4.69) is 61.0 Å². The Hall–Kier alpha value is -2.14. The van der Waals surface area contributed by atoms with Crippen LogP contribution >= 0.6 is 0 Å². The summed E-state index contributed by atoms with van der Waals surface area (Å²) in [4.78, 5) is 17.2. The van der Waals surface area contributed by atoms with Gasteiger partial charge in [0.15, 0.2) is 0 Å². The molecule has 1 aromatic heterocycles. The SMILES string of the molecule is CCN(CC)CCN(Cc1ccccc1C(C)C)C(=O)c1ccn[nH]1. The summed E-state index contributed by atoms with van der Waals surface area (Å²) in [5.41, 5.74) is 3.05. The van der Waals surface area contributed by atoms with Gasteiger partial charge in [-0.25, -0.2) is 0 Å². The highest BCUT2D eigenvalue weighted by molar-refractivity contribution is 5.92. The molecule has 0 fully saturated rings. The lowest BCUT2D eigenvalue weighted by molar-refractivity contribution is 0.0717. The molecule has 1 amide bonds. The molecule has 25 heavy (non-hydrogen) atoms. The Morgan fingerprint density at radius 2 is 1.84 bits per heavy atom. The molecule has 0 saturated carbocycles. The van der Waals surface area contributed by atoms with Gasteiger partial charge >= 0.3 is 0 Å². The number of nitrogens with zero attached hydrogens (tertiary/aromatic N) is 3. The fraction of sp³-hybridized carbons (Fsp3) is 0.500. The van der Waals surface area contributed by atoms with Gasteiger partial charge in [0.2, 0.25) is 0 Å². The first-order chi connectivity index (χ1) is 12.1. The molecular weight excluding hydrogens is 312 g/mol. The van der Waals surface area contributed by atoms with Crippen molar-refractivity contribution in [2.75, 3.05) is 26.2 Å². The zero-order chi connectivity index (χ0) is 18.2. The molecule has 1 aromatic carbocycles. The summed E-state index contributed by atoms with van der Waals surface area (Å²) in [6.07, 6.45) is 1.62. The van der Waals surface area contributed by atoms with Crippen LogP contribution in [0.25, 0.3) is 0 Å². The smallest absolute Gasteiger partial charge is 0.272 e. The fourth-order valence-corrected chi connectivity index (χ4v) is 3.05. The number of benzene rings is 1. The molecule has 0 aliphatic carbocycles. The molecule has 0 radical (unpaired) electrons. The van der Waals surface area contributed by atoms with E-state index < -0.39 is 0 Å². The van der Waals surface area contributed by atoms with E-state index >= 15 is 0 Å². The average Bonchev–Trinajstić information content (AvgIpc) is 3.15. The van der Waals surface area contributed by atoms with Crippen molar-refractivity contribution in [3.8, 4) is 0 Å². The quantitative estimate of drug-likeness (QED) is 0.758. The normalized spacial score (nSPS) is 11.3. The molecule has 5 nitrogen and oxygen atoms in total. The molecule has 0 spiro atoms. The average molecular weight is 342 g/mol. The third-order valence-corrected chi connectivity index (χ3v) is 4.64. The van der Waals surface area contributed by atoms with Gasteiger partial charge in [-0.2, -0.15) is 5.10 Å². The second kappa shape index (κ2) is 9.37. The number of hydrogen-bond donors (Lipinski definition) is 1. The monoisotopic (exact) mass is 342 g/mol. The Bertz CT molecular complexity index is 647. The van der Waals surface area contributed by atoms with Crippen molar-refractivity contribution in [2.24, 2.45) is 0 Å². The molecule has 1 heterocycles. The van der Waals surface area contributed by atoms with E-state index in [9.17, 15) is 4.79 Å². The topological polar surface area (TPSA) is 52.2 Å². The van der Waals surface area contributed by atoms with E-state index in [4.69, 9.17) is 0 Å². The predicted octanol–water partition coefficient (Wildman–Crippen LogP) is 3.52. The Morgan fingerprint density at radius 3 is 2.44 bits per heavy atom. The van der Waals surface area contributed by atoms with Crippen LogP contribution in [0.15, 0.2) is 36.5 Å². The number of hydrogen-bond acceptors (Lipinski definition) is 3. The number of H-pyrrole nitrogens is 1. The van der Waals surface area contributed by atoms with E-state index in [1.54, 1.807) is 12.3 Å². The zero-order valence-electron chi connectivity index (χ0n) is 15.8. The van der Waals surface area contributed by atoms with Crippen LogP contribution in [-0.2, 0) is 6.54 Å². The van der Waals surface area contributed by atoms with Crippen LogP contribution in [0, 0.1) is 0 Å². The van der Waals surface area contributed by atoms with Gasteiger partial charge in [-0.1, -0.05) is 52.0 Å². The highest BCUT2D eigenvalue weighted by Gasteiger charge is 2.19. The van der Waals surface area contributed by atoms with Crippen molar-refractivity contribution in [3.05, 3.63) is 53.3 Å². The molecular formula is C20H30N4O. The van der Waals surface area contributed by atoms with Crippen LogP contribution in [0.5, 0.6) is 0 Å². The maximum absolute atomic E-state index is 12.9. The summed E-state index contributed by atoms with van der Waals surface area (Å²) >= 11 is 0. The molecule has 136 valence electrons. The number of likely N-dealkylation sites (N-methyl/N-ethyl adjacent to an activating group) is 1. The molecule has 1 N–H and O–H groups in total. The van der Waals surface area contributed by atoms with Crippen molar-refractivity contribution < 1.29 is 4.79 Å². The van der Waals surface area contributed by atoms with Gasteiger partial charge in [-0.15, -0.1) is 0 Å². The maximum Gasteiger partial charge on any atom is 0.272 e. The molecule has 5 heteroatoms. The third-order valence-electron chi connectivity index (χ3n) is 4.64. The van der Waals surface area contributed by atoms with Crippen LogP contribution in [0.1, 0.15) is 55.2 Å². The van der Waals surface area contributed by atoms with Gasteiger partial charge in [0.05, 0.1) is 0 Å². The number of amides is 1. The largest absolute Gasteiger partial charge is 0.332 e. The zero-order valence-corrected chi connectivity index (χ0v) is 15.8. The lowest BCUT2D eigenvalue weighted by atomic mass is 9.97. The number of nitrogens with one attached hydrogen (secondary N) is 1. The summed E-state index contributed by atoms with van der Waals surface area (Å²) in [5, 5.41) is 6.72. The van der Waals surface area contributed by atoms with Gasteiger partial charge in [-0.3, -0.25) is 9.89 Å². The van der Waals surface area contributed by atoms with Crippen LogP contribution in [0.3, 0.4) is 0 Å². The molecule has 0 aliphatic rings. The number of carbonyl (C=O) groups excluding carboxylic acids is 1. The predicted molar refractivity (Wildman–Crippen MR) is 102 cm³/mol. The van der Waals surface area contributed by atoms with Gasteiger partial charge in [-0.05, 0) is 36.2 Å². The summed E-state index contributed by atoms with van der Waals surface area (Å²) < 4.78 is 0. The van der Waals surface area contributed by atoms with Gasteiger partial charge < -0.3 is 9.80 Å². The first kappa shape index (κ1) is 19.2. The van der Waals surface area contributed by atoms with E-state index in [-0.39, 0.29) is 5.91 Å². The van der Waals surface area contributed by atoms with Gasteiger partial charge in [0, 0.05) is 25.8 Å². The van der Waals surface area contributed by atoms with E-state index in [1.807, 2.05) is 11.0 Å². The molecule has 2 rings (SSSR count). The van der Waals surface area contributed by atoms with Crippen molar-refractivity contribution >= 4 is 5.91 Å². The Kier molecular flexibility index (Phi) is 7.19. The highest BCUT2D eigenvalue weighted by atomic mass is 16.2. The molecule has 2 aromatic rings. The van der Waals surface area contributed by atoms with Gasteiger partial charge in [0.1, 0.15) is 5.69 Å². The van der Waals surface area contributed by atoms with Gasteiger partial charge in [0.25, 0.3) is 5.91 Å². The summed E-state index contributed by atoms with van der Waals surface area (Å²) in [5.74, 6) is 0.436. The minimum Gasteiger partial charge on any atom is -0.332 e. The Morgan fingerprint density at radius 1 is 1.12 bits per heavy atom. The van der Waals surface area contributed by atoms with Crippen LogP contribution in [0.2, 0.25) is 0 Å². The second-order valence-corrected chi connectivity index (χ2v) is 6.58. The number of aromatic nitrogens is 2. The van der Waals surface area contributed by atoms with Crippen LogP contribution in [0.4, 0.5) is 0 Å². The lowest BCUT2D eigenvalue weighted by Gasteiger charge is -2.27. The number of rotatable bonds is 9. The highest BCUT2D eigenvalue weighted by Crippen LogP contribution is 2.21. The standard InChI is InChI=1S/C20H30N4O/c1-5-23(6-2)13-14-24(20(25)19-11-12-21-22-19)15-17-9-7-8-10-18(17)16(3)4/h7-12,16H,5-6,13-15H2,1-4H3,(H,21,22). The Labute approximate surface area is 151 Å². The number of carbonyl (C=O) groups is 1. The number of aromatic amines is 1. The van der Waals surface area contributed by atoms with Crippen molar-refractivity contribution in [1.82, 2.24) is 20.0 Å². The second-order valence-electron chi connectivity index (χ2n) is 6.58. The minimum atomic E-state index is 0.00298. The Balaban J connectivity index is 2.21. The molecule has 0 unspecified atom stereocenters. The molecule has 0 atom stereocenters. The van der Waals surface area contributed by atoms with Crippen molar-refractivity contribution in [2.45, 2.75) is 40.2 Å². The summed E-state index contributed by atoms with van der Waals surface area (Å²) in [6, 6.07) is 10.1. The summed E-state index contributed by atoms with van der Waals surface area (Å²) in [6.45, 7) is 12.9. The first-order valence-corrected chi connectivity index (χ1v) is 9.15. The summed E-state index contributed by atoms with van der Waals surface area (Å²) in [7, 11) is 0. The lowest BCUT2D eigenvalue weighted by Crippen LogP contribution is -2.38.